The molecule has 4 aromatic rings. The third-order valence-electron chi connectivity index (χ3n) is 3.71. The Morgan fingerprint density at radius 2 is 1.73 bits per heavy atom. The van der Waals surface area contributed by atoms with E-state index in [1.807, 2.05) is 48.5 Å². The largest absolute Gasteiger partial charge is 0.569 e. The summed E-state index contributed by atoms with van der Waals surface area (Å²) in [6, 6.07) is 19.8. The topological polar surface area (TPSA) is 47.3 Å². The quantitative estimate of drug-likeness (QED) is 0.589. The Hall–Kier alpha value is -2.79. The van der Waals surface area contributed by atoms with Gasteiger partial charge in [-0.2, -0.15) is 0 Å². The molecular formula is C17H12BN2O2. The van der Waals surface area contributed by atoms with Crippen molar-refractivity contribution in [1.29, 1.82) is 0 Å². The molecule has 2 heterocycles. The Balaban J connectivity index is 2.11. The second kappa shape index (κ2) is 5.20. The molecule has 0 saturated carbocycles. The van der Waals surface area contributed by atoms with Crippen molar-refractivity contribution < 1.29 is 9.68 Å². The number of fused-ring (bicyclic) bond motifs is 3. The predicted molar refractivity (Wildman–Crippen MR) is 87.2 cm³/mol. The van der Waals surface area contributed by atoms with Gasteiger partial charge in [-0.05, 0) is 30.3 Å². The van der Waals surface area contributed by atoms with E-state index in [2.05, 4.69) is 21.7 Å². The molecular weight excluding hydrogens is 275 g/mol. The first-order valence-electron chi connectivity index (χ1n) is 6.95. The Morgan fingerprint density at radius 1 is 0.909 bits per heavy atom. The number of hydrogen-bond acceptors (Lipinski definition) is 3. The van der Waals surface area contributed by atoms with Crippen LogP contribution in [0.5, 0.6) is 5.75 Å². The molecule has 0 fully saturated rings. The first-order valence-corrected chi connectivity index (χ1v) is 6.95. The van der Waals surface area contributed by atoms with Crippen LogP contribution in [0.15, 0.2) is 66.9 Å². The van der Waals surface area contributed by atoms with Gasteiger partial charge in [0, 0.05) is 23.0 Å². The lowest BCUT2D eigenvalue weighted by Gasteiger charge is -2.07. The molecule has 1 radical (unpaired) electrons. The average Bonchev–Trinajstić information content (AvgIpc) is 2.90. The molecule has 0 spiro atoms. The van der Waals surface area contributed by atoms with Gasteiger partial charge in [0.2, 0.25) is 0 Å². The van der Waals surface area contributed by atoms with Crippen LogP contribution in [0.25, 0.3) is 27.6 Å². The third-order valence-corrected chi connectivity index (χ3v) is 3.71. The number of benzene rings is 2. The van der Waals surface area contributed by atoms with Crippen molar-refractivity contribution in [1.82, 2.24) is 9.55 Å². The van der Waals surface area contributed by atoms with E-state index in [0.717, 1.165) is 27.6 Å². The van der Waals surface area contributed by atoms with Gasteiger partial charge in [-0.3, -0.25) is 4.57 Å². The fourth-order valence-corrected chi connectivity index (χ4v) is 2.82. The summed E-state index contributed by atoms with van der Waals surface area (Å²) in [5.74, 6) is 1.42. The number of hydrogen-bond donors (Lipinski definition) is 1. The second-order valence-corrected chi connectivity index (χ2v) is 4.94. The smallest absolute Gasteiger partial charge is 0.537 e. The molecule has 0 saturated heterocycles. The first-order chi connectivity index (χ1) is 10.9. The van der Waals surface area contributed by atoms with Crippen LogP contribution in [0.1, 0.15) is 0 Å². The normalized spacial score (nSPS) is 11.0. The number of nitrogens with zero attached hydrogens (tertiary/aromatic N) is 2. The van der Waals surface area contributed by atoms with Crippen LogP contribution in [0.3, 0.4) is 0 Å². The van der Waals surface area contributed by atoms with E-state index in [9.17, 15) is 0 Å². The summed E-state index contributed by atoms with van der Waals surface area (Å²) in [7, 11) is 0.689. The van der Waals surface area contributed by atoms with Gasteiger partial charge in [-0.25, -0.2) is 4.98 Å². The molecule has 1 N–H and O–H groups in total. The van der Waals surface area contributed by atoms with Gasteiger partial charge in [-0.15, -0.1) is 0 Å². The van der Waals surface area contributed by atoms with Crippen LogP contribution in [0, 0.1) is 0 Å². The predicted octanol–water partition coefficient (Wildman–Crippen LogP) is 3.08. The van der Waals surface area contributed by atoms with E-state index in [0.29, 0.717) is 13.4 Å². The van der Waals surface area contributed by atoms with Crippen LogP contribution < -0.4 is 4.65 Å². The molecule has 0 aliphatic carbocycles. The maximum absolute atomic E-state index is 8.85. The van der Waals surface area contributed by atoms with Gasteiger partial charge in [-0.1, -0.05) is 24.3 Å². The van der Waals surface area contributed by atoms with E-state index in [4.69, 9.17) is 9.68 Å². The van der Waals surface area contributed by atoms with E-state index in [1.54, 1.807) is 6.20 Å². The lowest BCUT2D eigenvalue weighted by molar-refractivity contribution is 0.454. The Kier molecular flexibility index (Phi) is 3.05. The summed E-state index contributed by atoms with van der Waals surface area (Å²) in [5.41, 5.74) is 2.07. The number of pyridine rings is 1. The van der Waals surface area contributed by atoms with Crippen molar-refractivity contribution in [3.8, 4) is 11.6 Å². The van der Waals surface area contributed by atoms with Gasteiger partial charge in [0.25, 0.3) is 0 Å². The van der Waals surface area contributed by atoms with E-state index in [1.165, 1.54) is 0 Å². The highest BCUT2D eigenvalue weighted by Gasteiger charge is 2.13. The number of aromatic nitrogens is 2. The van der Waals surface area contributed by atoms with Gasteiger partial charge < -0.3 is 9.68 Å². The van der Waals surface area contributed by atoms with Gasteiger partial charge in [0.1, 0.15) is 11.6 Å². The molecule has 0 atom stereocenters. The Labute approximate surface area is 127 Å². The van der Waals surface area contributed by atoms with Crippen LogP contribution in [-0.4, -0.2) is 22.3 Å². The summed E-state index contributed by atoms with van der Waals surface area (Å²) in [6.45, 7) is 0. The molecule has 22 heavy (non-hydrogen) atoms. The molecule has 2 aromatic carbocycles. The monoisotopic (exact) mass is 287 g/mol. The third kappa shape index (κ3) is 1.95. The van der Waals surface area contributed by atoms with Crippen molar-refractivity contribution >= 4 is 29.5 Å². The molecule has 0 bridgehead atoms. The van der Waals surface area contributed by atoms with E-state index in [-0.39, 0.29) is 0 Å². The Bertz CT molecular complexity index is 951. The van der Waals surface area contributed by atoms with Crippen molar-refractivity contribution in [3.63, 3.8) is 0 Å². The SMILES string of the molecule is O[B]Oc1ccc2c3ccccc3n(-c3ccccn3)c2c1. The molecule has 4 nitrogen and oxygen atoms in total. The second-order valence-electron chi connectivity index (χ2n) is 4.94. The zero-order valence-corrected chi connectivity index (χ0v) is 11.7. The minimum absolute atomic E-state index is 0.579. The fourth-order valence-electron chi connectivity index (χ4n) is 2.82. The molecule has 4 rings (SSSR count). The lowest BCUT2D eigenvalue weighted by Crippen LogP contribution is -2.00. The minimum Gasteiger partial charge on any atom is -0.537 e. The molecule has 0 aliphatic heterocycles. The maximum atomic E-state index is 8.85. The van der Waals surface area contributed by atoms with Crippen molar-refractivity contribution in [2.24, 2.45) is 0 Å². The zero-order valence-electron chi connectivity index (χ0n) is 11.7. The van der Waals surface area contributed by atoms with Crippen molar-refractivity contribution in [2.75, 3.05) is 0 Å². The molecule has 0 aliphatic rings. The van der Waals surface area contributed by atoms with E-state index < -0.39 is 0 Å². The zero-order chi connectivity index (χ0) is 14.9. The highest BCUT2D eigenvalue weighted by Crippen LogP contribution is 2.33. The number of rotatable bonds is 3. The van der Waals surface area contributed by atoms with Gasteiger partial charge >= 0.3 is 7.69 Å². The molecule has 0 amide bonds. The van der Waals surface area contributed by atoms with Crippen LogP contribution >= 0.6 is 0 Å². The van der Waals surface area contributed by atoms with Gasteiger partial charge in [0.05, 0.1) is 11.0 Å². The number of para-hydroxylation sites is 1. The van der Waals surface area contributed by atoms with Crippen LogP contribution in [-0.2, 0) is 0 Å². The minimum atomic E-state index is 0.579. The first kappa shape index (κ1) is 12.9. The van der Waals surface area contributed by atoms with E-state index >= 15 is 0 Å². The molecule has 105 valence electrons. The summed E-state index contributed by atoms with van der Waals surface area (Å²) in [5, 5.41) is 11.1. The summed E-state index contributed by atoms with van der Waals surface area (Å²) in [4.78, 5) is 4.46. The molecule has 0 unspecified atom stereocenters. The average molecular weight is 287 g/mol. The lowest BCUT2D eigenvalue weighted by atomic mass is 10.1. The molecule has 5 heteroatoms. The van der Waals surface area contributed by atoms with Crippen molar-refractivity contribution in [3.05, 3.63) is 66.9 Å². The summed E-state index contributed by atoms with van der Waals surface area (Å²) >= 11 is 0. The fraction of sp³-hybridized carbons (Fsp3) is 0. The highest BCUT2D eigenvalue weighted by molar-refractivity contribution is 6.17. The van der Waals surface area contributed by atoms with Crippen LogP contribution in [0.2, 0.25) is 0 Å². The summed E-state index contributed by atoms with van der Waals surface area (Å²) in [6.07, 6.45) is 1.78. The van der Waals surface area contributed by atoms with Gasteiger partial charge in [0.15, 0.2) is 0 Å². The standard InChI is InChI=1S/C17H12BN2O2/c21-18-22-12-8-9-14-13-5-1-2-6-15(13)20(16(14)11-12)17-7-3-4-10-19-17/h1-11,21H. The van der Waals surface area contributed by atoms with Crippen molar-refractivity contribution in [2.45, 2.75) is 0 Å². The summed E-state index contributed by atoms with van der Waals surface area (Å²) < 4.78 is 7.19. The Morgan fingerprint density at radius 3 is 2.55 bits per heavy atom. The van der Waals surface area contributed by atoms with Crippen LogP contribution in [0.4, 0.5) is 0 Å². The highest BCUT2D eigenvalue weighted by atomic mass is 16.5. The maximum Gasteiger partial charge on any atom is 0.569 e. The molecule has 2 aromatic heterocycles.